The van der Waals surface area contributed by atoms with Gasteiger partial charge in [-0.05, 0) is 12.1 Å². The molecule has 3 rings (SSSR count). The topological polar surface area (TPSA) is 57.6 Å². The Labute approximate surface area is 124 Å². The van der Waals surface area contributed by atoms with Crippen LogP contribution in [0.4, 0.5) is 5.69 Å². The van der Waals surface area contributed by atoms with Gasteiger partial charge in [0.1, 0.15) is 0 Å². The minimum atomic E-state index is -0.393. The van der Waals surface area contributed by atoms with Crippen molar-refractivity contribution in [2.45, 2.75) is 6.10 Å². The molecule has 1 fully saturated rings. The van der Waals surface area contributed by atoms with Crippen molar-refractivity contribution in [3.05, 3.63) is 36.5 Å². The second-order valence-electron chi connectivity index (χ2n) is 5.32. The zero-order chi connectivity index (χ0) is 14.5. The summed E-state index contributed by atoms with van der Waals surface area (Å²) in [5, 5.41) is 14.6. The van der Waals surface area contributed by atoms with Crippen LogP contribution in [0.3, 0.4) is 0 Å². The Morgan fingerprint density at radius 1 is 1.24 bits per heavy atom. The number of rotatable bonds is 5. The number of aliphatic hydroxyl groups is 1. The molecule has 2 N–H and O–H groups in total. The number of aromatic nitrogens is 1. The average molecular weight is 287 g/mol. The molecule has 0 saturated carbocycles. The van der Waals surface area contributed by atoms with Gasteiger partial charge in [-0.1, -0.05) is 18.2 Å². The molecule has 0 radical (unpaired) electrons. The second kappa shape index (κ2) is 6.85. The van der Waals surface area contributed by atoms with E-state index in [1.807, 2.05) is 30.3 Å². The SMILES string of the molecule is O[C@@H](CNc1ccnc2ccccc12)CN1CCOCC1. The second-order valence-corrected chi connectivity index (χ2v) is 5.32. The first kappa shape index (κ1) is 14.3. The molecule has 112 valence electrons. The maximum Gasteiger partial charge on any atom is 0.0839 e. The summed E-state index contributed by atoms with van der Waals surface area (Å²) in [6.45, 7) is 4.53. The third-order valence-electron chi connectivity index (χ3n) is 3.75. The predicted molar refractivity (Wildman–Crippen MR) is 83.5 cm³/mol. The first-order valence-corrected chi connectivity index (χ1v) is 7.39. The zero-order valence-electron chi connectivity index (χ0n) is 12.0. The van der Waals surface area contributed by atoms with Gasteiger partial charge < -0.3 is 15.2 Å². The lowest BCUT2D eigenvalue weighted by Gasteiger charge is -2.28. The Bertz CT molecular complexity index is 579. The van der Waals surface area contributed by atoms with Crippen LogP contribution in [0.15, 0.2) is 36.5 Å². The van der Waals surface area contributed by atoms with Gasteiger partial charge in [0.15, 0.2) is 0 Å². The molecule has 2 aromatic rings. The average Bonchev–Trinajstić information content (AvgIpc) is 2.54. The van der Waals surface area contributed by atoms with Gasteiger partial charge in [-0.25, -0.2) is 0 Å². The number of benzene rings is 1. The van der Waals surface area contributed by atoms with Crippen molar-refractivity contribution in [1.82, 2.24) is 9.88 Å². The summed E-state index contributed by atoms with van der Waals surface area (Å²) in [6.07, 6.45) is 1.40. The van der Waals surface area contributed by atoms with Crippen LogP contribution in [0.1, 0.15) is 0 Å². The normalized spacial score (nSPS) is 17.8. The van der Waals surface area contributed by atoms with E-state index < -0.39 is 6.10 Å². The number of fused-ring (bicyclic) bond motifs is 1. The van der Waals surface area contributed by atoms with Crippen LogP contribution in [-0.2, 0) is 4.74 Å². The lowest BCUT2D eigenvalue weighted by molar-refractivity contribution is 0.0171. The number of anilines is 1. The monoisotopic (exact) mass is 287 g/mol. The van der Waals surface area contributed by atoms with E-state index in [1.165, 1.54) is 0 Å². The highest BCUT2D eigenvalue weighted by molar-refractivity contribution is 5.90. The molecule has 0 spiro atoms. The Morgan fingerprint density at radius 2 is 2.05 bits per heavy atom. The van der Waals surface area contributed by atoms with Crippen LogP contribution in [0.2, 0.25) is 0 Å². The predicted octanol–water partition coefficient (Wildman–Crippen LogP) is 1.34. The van der Waals surface area contributed by atoms with Crippen LogP contribution in [0.5, 0.6) is 0 Å². The molecular formula is C16H21N3O2. The van der Waals surface area contributed by atoms with Crippen molar-refractivity contribution in [3.63, 3.8) is 0 Å². The molecule has 0 bridgehead atoms. The number of β-amino-alcohol motifs (C(OH)–C–C–N with tert-alkyl or cyclic N) is 1. The summed E-state index contributed by atoms with van der Waals surface area (Å²) in [6, 6.07) is 9.96. The Balaban J connectivity index is 1.58. The van der Waals surface area contributed by atoms with Crippen LogP contribution in [-0.4, -0.2) is 60.5 Å². The summed E-state index contributed by atoms with van der Waals surface area (Å²) >= 11 is 0. The highest BCUT2D eigenvalue weighted by atomic mass is 16.5. The number of nitrogens with one attached hydrogen (secondary N) is 1. The number of nitrogens with zero attached hydrogens (tertiary/aromatic N) is 2. The molecule has 1 aromatic heterocycles. The Kier molecular flexibility index (Phi) is 4.65. The van der Waals surface area contributed by atoms with Gasteiger partial charge in [-0.2, -0.15) is 0 Å². The fourth-order valence-corrected chi connectivity index (χ4v) is 2.62. The van der Waals surface area contributed by atoms with Crippen molar-refractivity contribution in [3.8, 4) is 0 Å². The van der Waals surface area contributed by atoms with Gasteiger partial charge >= 0.3 is 0 Å². The van der Waals surface area contributed by atoms with E-state index in [0.29, 0.717) is 13.1 Å². The molecule has 1 saturated heterocycles. The van der Waals surface area contributed by atoms with Crippen LogP contribution in [0, 0.1) is 0 Å². The van der Waals surface area contributed by atoms with Crippen molar-refractivity contribution in [2.24, 2.45) is 0 Å². The fourth-order valence-electron chi connectivity index (χ4n) is 2.62. The third-order valence-corrected chi connectivity index (χ3v) is 3.75. The van der Waals surface area contributed by atoms with Crippen molar-refractivity contribution < 1.29 is 9.84 Å². The number of aliphatic hydroxyl groups excluding tert-OH is 1. The number of hydrogen-bond donors (Lipinski definition) is 2. The smallest absolute Gasteiger partial charge is 0.0839 e. The number of pyridine rings is 1. The molecule has 0 unspecified atom stereocenters. The highest BCUT2D eigenvalue weighted by Gasteiger charge is 2.14. The molecular weight excluding hydrogens is 266 g/mol. The quantitative estimate of drug-likeness (QED) is 0.869. The molecule has 5 heteroatoms. The van der Waals surface area contributed by atoms with Gasteiger partial charge in [0.25, 0.3) is 0 Å². The number of morpholine rings is 1. The third kappa shape index (κ3) is 3.69. The molecule has 0 aliphatic carbocycles. The summed E-state index contributed by atoms with van der Waals surface area (Å²) in [5.41, 5.74) is 1.98. The van der Waals surface area contributed by atoms with E-state index >= 15 is 0 Å². The van der Waals surface area contributed by atoms with Gasteiger partial charge in [-0.15, -0.1) is 0 Å². The maximum absolute atomic E-state index is 10.2. The summed E-state index contributed by atoms with van der Waals surface area (Å²) in [5.74, 6) is 0. The van der Waals surface area contributed by atoms with Gasteiger partial charge in [0.05, 0.1) is 24.8 Å². The zero-order valence-corrected chi connectivity index (χ0v) is 12.0. The van der Waals surface area contributed by atoms with Gasteiger partial charge in [0.2, 0.25) is 0 Å². The number of para-hydroxylation sites is 1. The van der Waals surface area contributed by atoms with E-state index in [9.17, 15) is 5.11 Å². The summed E-state index contributed by atoms with van der Waals surface area (Å²) in [7, 11) is 0. The lowest BCUT2D eigenvalue weighted by Crippen LogP contribution is -2.42. The van der Waals surface area contributed by atoms with Crippen LogP contribution < -0.4 is 5.32 Å². The van der Waals surface area contributed by atoms with E-state index in [2.05, 4.69) is 15.2 Å². The minimum Gasteiger partial charge on any atom is -0.390 e. The Hall–Kier alpha value is -1.69. The van der Waals surface area contributed by atoms with Crippen LogP contribution in [0.25, 0.3) is 10.9 Å². The van der Waals surface area contributed by atoms with E-state index in [1.54, 1.807) is 6.20 Å². The molecule has 1 aromatic carbocycles. The summed E-state index contributed by atoms with van der Waals surface area (Å²) in [4.78, 5) is 6.57. The van der Waals surface area contributed by atoms with Crippen molar-refractivity contribution >= 4 is 16.6 Å². The van der Waals surface area contributed by atoms with Gasteiger partial charge in [0, 0.05) is 43.4 Å². The van der Waals surface area contributed by atoms with E-state index in [0.717, 1.165) is 42.9 Å². The maximum atomic E-state index is 10.2. The van der Waals surface area contributed by atoms with E-state index in [4.69, 9.17) is 4.74 Å². The fraction of sp³-hybridized carbons (Fsp3) is 0.438. The molecule has 1 aliphatic rings. The first-order chi connectivity index (χ1) is 10.3. The molecule has 1 aliphatic heterocycles. The minimum absolute atomic E-state index is 0.393. The van der Waals surface area contributed by atoms with Gasteiger partial charge in [-0.3, -0.25) is 9.88 Å². The molecule has 0 amide bonds. The summed E-state index contributed by atoms with van der Waals surface area (Å²) < 4.78 is 5.31. The highest BCUT2D eigenvalue weighted by Crippen LogP contribution is 2.20. The lowest BCUT2D eigenvalue weighted by atomic mass is 10.2. The molecule has 5 nitrogen and oxygen atoms in total. The standard InChI is InChI=1S/C16H21N3O2/c20-13(12-19-7-9-21-10-8-19)11-18-16-5-6-17-15-4-2-1-3-14(15)16/h1-6,13,20H,7-12H2,(H,17,18)/t13-/m0/s1. The number of hydrogen-bond acceptors (Lipinski definition) is 5. The Morgan fingerprint density at radius 3 is 2.90 bits per heavy atom. The van der Waals surface area contributed by atoms with Crippen molar-refractivity contribution in [2.75, 3.05) is 44.7 Å². The van der Waals surface area contributed by atoms with Crippen molar-refractivity contribution in [1.29, 1.82) is 0 Å². The molecule has 21 heavy (non-hydrogen) atoms. The molecule has 1 atom stereocenters. The first-order valence-electron chi connectivity index (χ1n) is 7.39. The van der Waals surface area contributed by atoms with Crippen LogP contribution >= 0.6 is 0 Å². The largest absolute Gasteiger partial charge is 0.390 e. The molecule has 2 heterocycles. The number of ether oxygens (including phenoxy) is 1. The van der Waals surface area contributed by atoms with E-state index in [-0.39, 0.29) is 0 Å².